The molecule has 0 radical (unpaired) electrons. The Hall–Kier alpha value is -3.33. The van der Waals surface area contributed by atoms with Gasteiger partial charge in [-0.25, -0.2) is 0 Å². The lowest BCUT2D eigenvalue weighted by Crippen LogP contribution is -2.35. The smallest absolute Gasteiger partial charge is 0.215 e. The van der Waals surface area contributed by atoms with Crippen LogP contribution in [-0.4, -0.2) is 30.5 Å². The number of aliphatic imine (C=N–C) groups is 1. The van der Waals surface area contributed by atoms with E-state index in [0.717, 1.165) is 41.7 Å². The van der Waals surface area contributed by atoms with Crippen LogP contribution in [0, 0.1) is 17.2 Å². The van der Waals surface area contributed by atoms with Gasteiger partial charge in [0.05, 0.1) is 30.5 Å². The molecule has 0 saturated heterocycles. The minimum atomic E-state index is 0.190. The van der Waals surface area contributed by atoms with E-state index in [4.69, 9.17) is 20.0 Å². The predicted octanol–water partition coefficient (Wildman–Crippen LogP) is 4.65. The minimum absolute atomic E-state index is 0.190. The fraction of sp³-hybridized carbons (Fsp3) is 0.348. The lowest BCUT2D eigenvalue weighted by Gasteiger charge is -2.27. The van der Waals surface area contributed by atoms with Gasteiger partial charge in [-0.15, -0.1) is 0 Å². The second-order valence-electron chi connectivity index (χ2n) is 7.62. The van der Waals surface area contributed by atoms with Gasteiger partial charge in [0.1, 0.15) is 5.84 Å². The van der Waals surface area contributed by atoms with Crippen molar-refractivity contribution in [3.05, 3.63) is 53.7 Å². The molecule has 2 aromatic rings. The summed E-state index contributed by atoms with van der Waals surface area (Å²) in [5.74, 6) is 2.65. The number of methoxy groups -OCH3 is 1. The third kappa shape index (κ3) is 3.44. The van der Waals surface area contributed by atoms with Crippen molar-refractivity contribution in [2.24, 2.45) is 10.9 Å². The number of anilines is 3. The first-order chi connectivity index (χ1) is 14.0. The summed E-state index contributed by atoms with van der Waals surface area (Å²) in [6, 6.07) is 14.0. The van der Waals surface area contributed by atoms with Crippen LogP contribution in [-0.2, 0) is 0 Å². The number of ether oxygens (including phenoxy) is 1. The molecule has 148 valence electrons. The Morgan fingerprint density at radius 2 is 1.90 bits per heavy atom. The van der Waals surface area contributed by atoms with Gasteiger partial charge >= 0.3 is 0 Å². The van der Waals surface area contributed by atoms with Crippen LogP contribution in [0.4, 0.5) is 17.2 Å². The Bertz CT molecular complexity index is 1020. The zero-order valence-electron chi connectivity index (χ0n) is 17.3. The summed E-state index contributed by atoms with van der Waals surface area (Å²) in [4.78, 5) is 14.3. The number of hydrogen-bond acceptors (Lipinski definition) is 6. The first-order valence-electron chi connectivity index (χ1n) is 9.89. The lowest BCUT2D eigenvalue weighted by atomic mass is 10.1. The molecule has 1 aromatic carbocycles. The maximum atomic E-state index is 9.15. The van der Waals surface area contributed by atoms with Gasteiger partial charge in [-0.3, -0.25) is 9.89 Å². The summed E-state index contributed by atoms with van der Waals surface area (Å²) in [5.41, 5.74) is 3.78. The number of hydrogen-bond donors (Lipinski definition) is 0. The van der Waals surface area contributed by atoms with Crippen LogP contribution in [0.25, 0.3) is 0 Å². The van der Waals surface area contributed by atoms with Crippen LogP contribution in [0.5, 0.6) is 5.88 Å². The SMILES string of the molecule is COc1ccc2c(n1)N(c1ccc(C#N)cc1)CC(C)C1=NC(C)CC=C(C)N12. The largest absolute Gasteiger partial charge is 0.481 e. The molecule has 2 aliphatic rings. The Morgan fingerprint density at radius 1 is 1.14 bits per heavy atom. The molecule has 0 amide bonds. The summed E-state index contributed by atoms with van der Waals surface area (Å²) < 4.78 is 5.43. The van der Waals surface area contributed by atoms with Crippen molar-refractivity contribution in [1.29, 1.82) is 5.26 Å². The standard InChI is InChI=1S/C23H25N5O/c1-15-14-27(19-9-7-18(13-24)8-10-19)23-20(11-12-21(26-23)29-4)28-17(3)6-5-16(2)25-22(15)28/h6-12,15-16H,5,14H2,1-4H3. The van der Waals surface area contributed by atoms with Crippen LogP contribution in [0.3, 0.4) is 0 Å². The Labute approximate surface area is 171 Å². The molecule has 0 aliphatic carbocycles. The second-order valence-corrected chi connectivity index (χ2v) is 7.62. The number of allylic oxidation sites excluding steroid dienone is 1. The Balaban J connectivity index is 1.93. The van der Waals surface area contributed by atoms with Crippen molar-refractivity contribution in [1.82, 2.24) is 4.98 Å². The van der Waals surface area contributed by atoms with E-state index in [2.05, 4.69) is 48.8 Å². The molecule has 3 heterocycles. The van der Waals surface area contributed by atoms with E-state index in [9.17, 15) is 0 Å². The number of pyridine rings is 1. The van der Waals surface area contributed by atoms with Crippen LogP contribution < -0.4 is 14.5 Å². The van der Waals surface area contributed by atoms with E-state index in [0.29, 0.717) is 11.4 Å². The third-order valence-corrected chi connectivity index (χ3v) is 5.43. The summed E-state index contributed by atoms with van der Waals surface area (Å²) in [6.45, 7) is 7.22. The Kier molecular flexibility index (Phi) is 4.98. The summed E-state index contributed by atoms with van der Waals surface area (Å²) in [7, 11) is 1.63. The van der Waals surface area contributed by atoms with Crippen molar-refractivity contribution in [2.45, 2.75) is 33.2 Å². The van der Waals surface area contributed by atoms with E-state index in [1.54, 1.807) is 7.11 Å². The molecule has 0 fully saturated rings. The molecule has 0 saturated carbocycles. The van der Waals surface area contributed by atoms with Gasteiger partial charge in [0.15, 0.2) is 5.82 Å². The van der Waals surface area contributed by atoms with E-state index in [1.807, 2.05) is 30.3 Å². The predicted molar refractivity (Wildman–Crippen MR) is 116 cm³/mol. The summed E-state index contributed by atoms with van der Waals surface area (Å²) >= 11 is 0. The topological polar surface area (TPSA) is 64.8 Å². The lowest BCUT2D eigenvalue weighted by molar-refractivity contribution is 0.398. The molecule has 29 heavy (non-hydrogen) atoms. The van der Waals surface area contributed by atoms with Gasteiger partial charge in [-0.1, -0.05) is 13.0 Å². The summed E-state index contributed by atoms with van der Waals surface area (Å²) in [5, 5.41) is 9.15. The molecule has 2 unspecified atom stereocenters. The quantitative estimate of drug-likeness (QED) is 0.750. The molecular formula is C23H25N5O. The van der Waals surface area contributed by atoms with Crippen LogP contribution >= 0.6 is 0 Å². The minimum Gasteiger partial charge on any atom is -0.481 e. The zero-order chi connectivity index (χ0) is 20.5. The Morgan fingerprint density at radius 3 is 2.59 bits per heavy atom. The number of rotatable bonds is 2. The molecule has 0 spiro atoms. The fourth-order valence-corrected chi connectivity index (χ4v) is 3.91. The first kappa shape index (κ1) is 19.0. The molecule has 6 heteroatoms. The van der Waals surface area contributed by atoms with Crippen molar-refractivity contribution >= 4 is 23.0 Å². The molecule has 0 N–H and O–H groups in total. The zero-order valence-corrected chi connectivity index (χ0v) is 17.3. The molecule has 4 rings (SSSR count). The van der Waals surface area contributed by atoms with E-state index in [-0.39, 0.29) is 12.0 Å². The van der Waals surface area contributed by atoms with Gasteiger partial charge in [0.2, 0.25) is 5.88 Å². The van der Waals surface area contributed by atoms with Crippen molar-refractivity contribution in [3.63, 3.8) is 0 Å². The highest BCUT2D eigenvalue weighted by molar-refractivity contribution is 6.06. The van der Waals surface area contributed by atoms with E-state index in [1.165, 1.54) is 0 Å². The van der Waals surface area contributed by atoms with Gasteiger partial charge in [0, 0.05) is 29.9 Å². The molecule has 2 aliphatic heterocycles. The summed E-state index contributed by atoms with van der Waals surface area (Å²) in [6.07, 6.45) is 3.18. The monoisotopic (exact) mass is 387 g/mol. The average molecular weight is 387 g/mol. The van der Waals surface area contributed by atoms with E-state index < -0.39 is 0 Å². The molecule has 2 atom stereocenters. The van der Waals surface area contributed by atoms with E-state index >= 15 is 0 Å². The normalized spacial score (nSPS) is 21.1. The van der Waals surface area contributed by atoms with Gasteiger partial charge in [0.25, 0.3) is 0 Å². The first-order valence-corrected chi connectivity index (χ1v) is 9.89. The number of amidine groups is 1. The highest BCUT2D eigenvalue weighted by Crippen LogP contribution is 2.41. The number of benzene rings is 1. The second kappa shape index (κ2) is 7.59. The van der Waals surface area contributed by atoms with Gasteiger partial charge in [-0.2, -0.15) is 10.2 Å². The van der Waals surface area contributed by atoms with Crippen molar-refractivity contribution < 1.29 is 4.74 Å². The van der Waals surface area contributed by atoms with Gasteiger partial charge in [-0.05, 0) is 50.6 Å². The van der Waals surface area contributed by atoms with Crippen LogP contribution in [0.1, 0.15) is 32.8 Å². The fourth-order valence-electron chi connectivity index (χ4n) is 3.91. The number of nitrogens with zero attached hydrogens (tertiary/aromatic N) is 5. The number of aromatic nitrogens is 1. The van der Waals surface area contributed by atoms with Crippen molar-refractivity contribution in [2.75, 3.05) is 23.5 Å². The molecule has 1 aromatic heterocycles. The molecule has 6 nitrogen and oxygen atoms in total. The maximum Gasteiger partial charge on any atom is 0.215 e. The number of fused-ring (bicyclic) bond motifs is 3. The third-order valence-electron chi connectivity index (χ3n) is 5.43. The van der Waals surface area contributed by atoms with Crippen LogP contribution in [0.2, 0.25) is 0 Å². The average Bonchev–Trinajstić information content (AvgIpc) is 2.96. The van der Waals surface area contributed by atoms with Crippen molar-refractivity contribution in [3.8, 4) is 11.9 Å². The van der Waals surface area contributed by atoms with Crippen LogP contribution in [0.15, 0.2) is 53.2 Å². The highest BCUT2D eigenvalue weighted by atomic mass is 16.5. The van der Waals surface area contributed by atoms with Gasteiger partial charge < -0.3 is 9.64 Å². The molecular weight excluding hydrogens is 362 g/mol. The highest BCUT2D eigenvalue weighted by Gasteiger charge is 2.33. The number of nitriles is 1. The molecule has 0 bridgehead atoms. The maximum absolute atomic E-state index is 9.15.